The molecule has 2 aromatic carbocycles. The van der Waals surface area contributed by atoms with Crippen molar-refractivity contribution in [2.24, 2.45) is 23.7 Å². The first-order valence-corrected chi connectivity index (χ1v) is 9.69. The van der Waals surface area contributed by atoms with E-state index in [1.165, 1.54) is 4.90 Å². The summed E-state index contributed by atoms with van der Waals surface area (Å²) < 4.78 is 0. The van der Waals surface area contributed by atoms with Crippen LogP contribution in [-0.2, 0) is 9.59 Å². The lowest BCUT2D eigenvalue weighted by atomic mass is 9.88. The van der Waals surface area contributed by atoms with Gasteiger partial charge in [-0.25, -0.2) is 0 Å². The van der Waals surface area contributed by atoms with Crippen LogP contribution in [0, 0.1) is 23.7 Å². The standard InChI is InChI=1S/C23H25NO2/c1-3-15-14-16(4-2)21-20(15)22(25)24(23(21)26)19-12-10-18(11-13-19)17-8-6-5-7-9-17/h5-13,15-16,20-21H,3-4,14H2,1-2H3. The SMILES string of the molecule is CCC1CC(CC)C2C(=O)N(c3ccc(-c4ccccc4)cc3)C(=O)C12. The number of nitrogens with zero attached hydrogens (tertiary/aromatic N) is 1. The van der Waals surface area contributed by atoms with E-state index in [0.717, 1.165) is 30.4 Å². The van der Waals surface area contributed by atoms with Crippen LogP contribution < -0.4 is 4.90 Å². The molecule has 2 fully saturated rings. The smallest absolute Gasteiger partial charge is 0.237 e. The zero-order valence-corrected chi connectivity index (χ0v) is 15.4. The lowest BCUT2D eigenvalue weighted by Crippen LogP contribution is -2.33. The summed E-state index contributed by atoms with van der Waals surface area (Å²) in [5.41, 5.74) is 2.93. The maximum absolute atomic E-state index is 13.1. The lowest BCUT2D eigenvalue weighted by Gasteiger charge is -2.20. The fourth-order valence-corrected chi connectivity index (χ4v) is 4.91. The number of rotatable bonds is 4. The molecule has 134 valence electrons. The molecule has 2 aliphatic rings. The van der Waals surface area contributed by atoms with Gasteiger partial charge < -0.3 is 0 Å². The molecule has 26 heavy (non-hydrogen) atoms. The average Bonchev–Trinajstić information content (AvgIpc) is 3.19. The molecule has 4 rings (SSSR count). The van der Waals surface area contributed by atoms with Gasteiger partial charge in [0.25, 0.3) is 0 Å². The quantitative estimate of drug-likeness (QED) is 0.737. The van der Waals surface area contributed by atoms with Crippen molar-refractivity contribution in [3.63, 3.8) is 0 Å². The molecule has 2 aromatic rings. The third-order valence-corrected chi connectivity index (χ3v) is 6.30. The van der Waals surface area contributed by atoms with Crippen LogP contribution in [0.5, 0.6) is 0 Å². The summed E-state index contributed by atoms with van der Waals surface area (Å²) in [6, 6.07) is 17.9. The van der Waals surface area contributed by atoms with Crippen molar-refractivity contribution in [2.45, 2.75) is 33.1 Å². The normalized spacial score (nSPS) is 27.8. The molecule has 1 saturated heterocycles. The highest BCUT2D eigenvalue weighted by Crippen LogP contribution is 2.50. The molecule has 4 atom stereocenters. The second kappa shape index (κ2) is 6.71. The fourth-order valence-electron chi connectivity index (χ4n) is 4.91. The second-order valence-corrected chi connectivity index (χ2v) is 7.55. The number of hydrogen-bond acceptors (Lipinski definition) is 2. The highest BCUT2D eigenvalue weighted by molar-refractivity contribution is 6.22. The summed E-state index contributed by atoms with van der Waals surface area (Å²) in [5.74, 6) is 0.466. The molecule has 1 aliphatic carbocycles. The first kappa shape index (κ1) is 17.0. The van der Waals surface area contributed by atoms with Crippen molar-refractivity contribution < 1.29 is 9.59 Å². The van der Waals surface area contributed by atoms with Crippen LogP contribution in [0.2, 0.25) is 0 Å². The van der Waals surface area contributed by atoms with Gasteiger partial charge in [-0.2, -0.15) is 0 Å². The van der Waals surface area contributed by atoms with Gasteiger partial charge in [0.15, 0.2) is 0 Å². The Balaban J connectivity index is 1.64. The van der Waals surface area contributed by atoms with E-state index in [4.69, 9.17) is 0 Å². The van der Waals surface area contributed by atoms with E-state index in [0.29, 0.717) is 17.5 Å². The molecule has 0 bridgehead atoms. The van der Waals surface area contributed by atoms with E-state index in [1.54, 1.807) is 0 Å². The highest BCUT2D eigenvalue weighted by Gasteiger charge is 2.57. The average molecular weight is 347 g/mol. The topological polar surface area (TPSA) is 37.4 Å². The van der Waals surface area contributed by atoms with Gasteiger partial charge in [0.1, 0.15) is 0 Å². The Hall–Kier alpha value is -2.42. The molecule has 1 aliphatic heterocycles. The molecule has 0 radical (unpaired) electrons. The molecule has 4 unspecified atom stereocenters. The van der Waals surface area contributed by atoms with Gasteiger partial charge in [0.05, 0.1) is 17.5 Å². The molecule has 2 amide bonds. The van der Waals surface area contributed by atoms with Gasteiger partial charge in [-0.3, -0.25) is 14.5 Å². The molecule has 1 saturated carbocycles. The molecule has 0 spiro atoms. The Bertz CT molecular complexity index is 784. The monoisotopic (exact) mass is 347 g/mol. The van der Waals surface area contributed by atoms with Gasteiger partial charge in [0, 0.05) is 0 Å². The van der Waals surface area contributed by atoms with Gasteiger partial charge in [0.2, 0.25) is 11.8 Å². The van der Waals surface area contributed by atoms with Gasteiger partial charge in [-0.15, -0.1) is 0 Å². The fraction of sp³-hybridized carbons (Fsp3) is 0.391. The minimum absolute atomic E-state index is 0.00950. The number of carbonyl (C=O) groups excluding carboxylic acids is 2. The largest absolute Gasteiger partial charge is 0.274 e. The second-order valence-electron chi connectivity index (χ2n) is 7.55. The number of benzene rings is 2. The third kappa shape index (κ3) is 2.57. The van der Waals surface area contributed by atoms with Crippen LogP contribution in [0.4, 0.5) is 5.69 Å². The zero-order valence-electron chi connectivity index (χ0n) is 15.4. The summed E-state index contributed by atoms with van der Waals surface area (Å²) in [6.07, 6.45) is 2.95. The highest BCUT2D eigenvalue weighted by atomic mass is 16.2. The zero-order chi connectivity index (χ0) is 18.3. The molecular weight excluding hydrogens is 322 g/mol. The van der Waals surface area contributed by atoms with E-state index in [9.17, 15) is 9.59 Å². The van der Waals surface area contributed by atoms with Crippen LogP contribution in [0.3, 0.4) is 0 Å². The Morgan fingerprint density at radius 2 is 1.27 bits per heavy atom. The van der Waals surface area contributed by atoms with Crippen LogP contribution in [0.1, 0.15) is 33.1 Å². The Morgan fingerprint density at radius 3 is 1.77 bits per heavy atom. The maximum atomic E-state index is 13.1. The third-order valence-electron chi connectivity index (χ3n) is 6.30. The molecule has 3 heteroatoms. The van der Waals surface area contributed by atoms with E-state index < -0.39 is 0 Å². The van der Waals surface area contributed by atoms with Crippen LogP contribution >= 0.6 is 0 Å². The van der Waals surface area contributed by atoms with Crippen LogP contribution in [0.25, 0.3) is 11.1 Å². The number of hydrogen-bond donors (Lipinski definition) is 0. The summed E-state index contributed by atoms with van der Waals surface area (Å²) in [7, 11) is 0. The minimum atomic E-state index is -0.119. The molecule has 1 heterocycles. The van der Waals surface area contributed by atoms with Crippen molar-refractivity contribution in [1.82, 2.24) is 0 Å². The number of carbonyl (C=O) groups is 2. The van der Waals surface area contributed by atoms with Gasteiger partial charge in [-0.1, -0.05) is 69.2 Å². The van der Waals surface area contributed by atoms with Crippen LogP contribution in [0.15, 0.2) is 54.6 Å². The van der Waals surface area contributed by atoms with Gasteiger partial charge >= 0.3 is 0 Å². The summed E-state index contributed by atoms with van der Waals surface area (Å²) in [5, 5.41) is 0. The van der Waals surface area contributed by atoms with E-state index in [1.807, 2.05) is 42.5 Å². The van der Waals surface area contributed by atoms with Crippen molar-refractivity contribution in [3.8, 4) is 11.1 Å². The predicted octanol–water partition coefficient (Wildman–Crippen LogP) is 4.92. The van der Waals surface area contributed by atoms with Crippen molar-refractivity contribution >= 4 is 17.5 Å². The minimum Gasteiger partial charge on any atom is -0.274 e. The van der Waals surface area contributed by atoms with E-state index in [2.05, 4.69) is 26.0 Å². The first-order chi connectivity index (χ1) is 12.7. The number of fused-ring (bicyclic) bond motifs is 1. The molecular formula is C23H25NO2. The molecule has 0 N–H and O–H groups in total. The van der Waals surface area contributed by atoms with E-state index in [-0.39, 0.29) is 23.7 Å². The number of anilines is 1. The maximum Gasteiger partial charge on any atom is 0.237 e. The Morgan fingerprint density at radius 1 is 0.769 bits per heavy atom. The Labute approximate surface area is 155 Å². The number of imide groups is 1. The number of amides is 2. The summed E-state index contributed by atoms with van der Waals surface area (Å²) in [6.45, 7) is 4.27. The summed E-state index contributed by atoms with van der Waals surface area (Å²) >= 11 is 0. The van der Waals surface area contributed by atoms with Crippen molar-refractivity contribution in [3.05, 3.63) is 54.6 Å². The van der Waals surface area contributed by atoms with Crippen molar-refractivity contribution in [1.29, 1.82) is 0 Å². The van der Waals surface area contributed by atoms with E-state index >= 15 is 0 Å². The summed E-state index contributed by atoms with van der Waals surface area (Å²) in [4.78, 5) is 27.6. The Kier molecular flexibility index (Phi) is 4.39. The lowest BCUT2D eigenvalue weighted by molar-refractivity contribution is -0.123. The van der Waals surface area contributed by atoms with Crippen LogP contribution in [-0.4, -0.2) is 11.8 Å². The molecule has 3 nitrogen and oxygen atoms in total. The van der Waals surface area contributed by atoms with Gasteiger partial charge in [-0.05, 0) is 41.5 Å². The molecule has 0 aromatic heterocycles. The first-order valence-electron chi connectivity index (χ1n) is 9.69. The predicted molar refractivity (Wildman–Crippen MR) is 104 cm³/mol. The van der Waals surface area contributed by atoms with Crippen molar-refractivity contribution in [2.75, 3.05) is 4.90 Å².